The highest BCUT2D eigenvalue weighted by atomic mass is 16.1. The van der Waals surface area contributed by atoms with E-state index in [4.69, 9.17) is 0 Å². The maximum absolute atomic E-state index is 11.9. The highest BCUT2D eigenvalue weighted by Crippen LogP contribution is 2.16. The number of nitrogens with one attached hydrogen (secondary N) is 3. The van der Waals surface area contributed by atoms with Gasteiger partial charge in [0.2, 0.25) is 5.91 Å². The van der Waals surface area contributed by atoms with Crippen molar-refractivity contribution in [1.29, 1.82) is 0 Å². The number of aromatic amines is 1. The van der Waals surface area contributed by atoms with Crippen LogP contribution in [0.4, 0.5) is 11.4 Å². The van der Waals surface area contributed by atoms with Gasteiger partial charge in [0.1, 0.15) is 0 Å². The summed E-state index contributed by atoms with van der Waals surface area (Å²) in [5.41, 5.74) is 2.64. The number of carbonyl (C=O) groups excluding carboxylic acids is 1. The molecular weight excluding hydrogens is 252 g/mol. The van der Waals surface area contributed by atoms with Crippen LogP contribution in [0, 0.1) is 0 Å². The van der Waals surface area contributed by atoms with Crippen LogP contribution < -0.4 is 10.6 Å². The second kappa shape index (κ2) is 5.44. The van der Waals surface area contributed by atoms with Gasteiger partial charge in [-0.2, -0.15) is 5.10 Å². The van der Waals surface area contributed by atoms with Gasteiger partial charge >= 0.3 is 0 Å². The summed E-state index contributed by atoms with van der Waals surface area (Å²) < 4.78 is 0. The van der Waals surface area contributed by atoms with Crippen molar-refractivity contribution in [2.75, 3.05) is 17.2 Å². The third kappa shape index (κ3) is 2.77. The SMILES string of the molecule is O=C(CNc1ccccc1)Nc1ccc2[nH]ncc2c1. The van der Waals surface area contributed by atoms with Gasteiger partial charge in [0.05, 0.1) is 18.3 Å². The first kappa shape index (κ1) is 12.2. The molecule has 100 valence electrons. The summed E-state index contributed by atoms with van der Waals surface area (Å²) in [6.07, 6.45) is 1.73. The Labute approximate surface area is 116 Å². The first-order valence-corrected chi connectivity index (χ1v) is 6.33. The van der Waals surface area contributed by atoms with Crippen LogP contribution in [0.3, 0.4) is 0 Å². The Kier molecular flexibility index (Phi) is 3.33. The van der Waals surface area contributed by atoms with Crippen molar-refractivity contribution in [3.8, 4) is 0 Å². The molecule has 3 N–H and O–H groups in total. The number of fused-ring (bicyclic) bond motifs is 1. The fourth-order valence-corrected chi connectivity index (χ4v) is 1.96. The van der Waals surface area contributed by atoms with Crippen molar-refractivity contribution in [2.45, 2.75) is 0 Å². The van der Waals surface area contributed by atoms with E-state index in [9.17, 15) is 4.79 Å². The van der Waals surface area contributed by atoms with Crippen molar-refractivity contribution in [3.63, 3.8) is 0 Å². The van der Waals surface area contributed by atoms with Gasteiger partial charge in [-0.3, -0.25) is 9.89 Å². The maximum atomic E-state index is 11.9. The summed E-state index contributed by atoms with van der Waals surface area (Å²) in [6, 6.07) is 15.3. The van der Waals surface area contributed by atoms with Crippen LogP contribution >= 0.6 is 0 Å². The third-order valence-electron chi connectivity index (χ3n) is 2.95. The van der Waals surface area contributed by atoms with Gasteiger partial charge in [-0.05, 0) is 30.3 Å². The topological polar surface area (TPSA) is 69.8 Å². The van der Waals surface area contributed by atoms with Crippen LogP contribution in [0.2, 0.25) is 0 Å². The zero-order chi connectivity index (χ0) is 13.8. The molecular formula is C15H14N4O. The largest absolute Gasteiger partial charge is 0.376 e. The molecule has 0 saturated heterocycles. The van der Waals surface area contributed by atoms with Crippen molar-refractivity contribution >= 4 is 28.2 Å². The van der Waals surface area contributed by atoms with E-state index in [2.05, 4.69) is 20.8 Å². The minimum absolute atomic E-state index is 0.0864. The molecule has 0 saturated carbocycles. The number of hydrogen-bond acceptors (Lipinski definition) is 3. The molecule has 0 aliphatic carbocycles. The number of rotatable bonds is 4. The quantitative estimate of drug-likeness (QED) is 0.680. The molecule has 1 aromatic heterocycles. The summed E-state index contributed by atoms with van der Waals surface area (Å²) in [6.45, 7) is 0.230. The molecule has 1 amide bonds. The van der Waals surface area contributed by atoms with E-state index in [-0.39, 0.29) is 12.5 Å². The molecule has 0 spiro atoms. The number of hydrogen-bond donors (Lipinski definition) is 3. The van der Waals surface area contributed by atoms with Gasteiger partial charge in [0.25, 0.3) is 0 Å². The molecule has 3 rings (SSSR count). The van der Waals surface area contributed by atoms with Gasteiger partial charge in [-0.1, -0.05) is 18.2 Å². The Morgan fingerprint density at radius 2 is 1.95 bits per heavy atom. The minimum Gasteiger partial charge on any atom is -0.376 e. The zero-order valence-electron chi connectivity index (χ0n) is 10.8. The summed E-state index contributed by atoms with van der Waals surface area (Å²) in [5.74, 6) is -0.0864. The molecule has 0 fully saturated rings. The first-order chi connectivity index (χ1) is 9.81. The fraction of sp³-hybridized carbons (Fsp3) is 0.0667. The average Bonchev–Trinajstić information content (AvgIpc) is 2.94. The van der Waals surface area contributed by atoms with Gasteiger partial charge in [0.15, 0.2) is 0 Å². The molecule has 0 aliphatic heterocycles. The van der Waals surface area contributed by atoms with Crippen LogP contribution in [-0.2, 0) is 4.79 Å². The van der Waals surface area contributed by atoms with E-state index in [1.54, 1.807) is 6.20 Å². The van der Waals surface area contributed by atoms with E-state index < -0.39 is 0 Å². The van der Waals surface area contributed by atoms with Crippen LogP contribution in [0.25, 0.3) is 10.9 Å². The van der Waals surface area contributed by atoms with E-state index in [0.717, 1.165) is 22.3 Å². The summed E-state index contributed by atoms with van der Waals surface area (Å²) in [4.78, 5) is 11.9. The van der Waals surface area contributed by atoms with Crippen LogP contribution in [0.5, 0.6) is 0 Å². The molecule has 3 aromatic rings. The smallest absolute Gasteiger partial charge is 0.243 e. The van der Waals surface area contributed by atoms with Crippen molar-refractivity contribution in [1.82, 2.24) is 10.2 Å². The average molecular weight is 266 g/mol. The highest BCUT2D eigenvalue weighted by molar-refractivity contribution is 5.95. The number of aromatic nitrogens is 2. The number of H-pyrrole nitrogens is 1. The maximum Gasteiger partial charge on any atom is 0.243 e. The third-order valence-corrected chi connectivity index (χ3v) is 2.95. The lowest BCUT2D eigenvalue weighted by Crippen LogP contribution is -2.21. The Morgan fingerprint density at radius 3 is 2.80 bits per heavy atom. The van der Waals surface area contributed by atoms with Crippen molar-refractivity contribution < 1.29 is 4.79 Å². The molecule has 2 aromatic carbocycles. The normalized spacial score (nSPS) is 10.4. The first-order valence-electron chi connectivity index (χ1n) is 6.33. The lowest BCUT2D eigenvalue weighted by Gasteiger charge is -2.07. The van der Waals surface area contributed by atoms with E-state index >= 15 is 0 Å². The molecule has 0 unspecified atom stereocenters. The fourth-order valence-electron chi connectivity index (χ4n) is 1.96. The number of para-hydroxylation sites is 1. The van der Waals surface area contributed by atoms with Crippen molar-refractivity contribution in [2.24, 2.45) is 0 Å². The Bertz CT molecular complexity index is 721. The Balaban J connectivity index is 1.61. The lowest BCUT2D eigenvalue weighted by atomic mass is 10.2. The number of carbonyl (C=O) groups is 1. The standard InChI is InChI=1S/C15H14N4O/c20-15(10-16-12-4-2-1-3-5-12)18-13-6-7-14-11(8-13)9-17-19-14/h1-9,16H,10H2,(H,17,19)(H,18,20). The van der Waals surface area contributed by atoms with Crippen LogP contribution in [0.15, 0.2) is 54.7 Å². The Hall–Kier alpha value is -2.82. The van der Waals surface area contributed by atoms with Crippen molar-refractivity contribution in [3.05, 3.63) is 54.7 Å². The van der Waals surface area contributed by atoms with E-state index in [1.165, 1.54) is 0 Å². The van der Waals surface area contributed by atoms with Gasteiger partial charge in [-0.15, -0.1) is 0 Å². The van der Waals surface area contributed by atoms with Crippen LogP contribution in [0.1, 0.15) is 0 Å². The Morgan fingerprint density at radius 1 is 1.10 bits per heavy atom. The molecule has 5 nitrogen and oxygen atoms in total. The number of nitrogens with zero attached hydrogens (tertiary/aromatic N) is 1. The zero-order valence-corrected chi connectivity index (χ0v) is 10.8. The monoisotopic (exact) mass is 266 g/mol. The van der Waals surface area contributed by atoms with E-state index in [1.807, 2.05) is 48.5 Å². The van der Waals surface area contributed by atoms with E-state index in [0.29, 0.717) is 0 Å². The lowest BCUT2D eigenvalue weighted by molar-refractivity contribution is -0.114. The summed E-state index contributed by atoms with van der Waals surface area (Å²) >= 11 is 0. The predicted molar refractivity (Wildman–Crippen MR) is 79.7 cm³/mol. The second-order valence-electron chi connectivity index (χ2n) is 4.44. The van der Waals surface area contributed by atoms with Gasteiger partial charge in [0, 0.05) is 16.8 Å². The number of amides is 1. The molecule has 0 radical (unpaired) electrons. The molecule has 0 aliphatic rings. The van der Waals surface area contributed by atoms with Crippen LogP contribution in [-0.4, -0.2) is 22.6 Å². The number of anilines is 2. The predicted octanol–water partition coefficient (Wildman–Crippen LogP) is 2.61. The summed E-state index contributed by atoms with van der Waals surface area (Å²) in [7, 11) is 0. The van der Waals surface area contributed by atoms with Gasteiger partial charge < -0.3 is 10.6 Å². The molecule has 0 atom stereocenters. The number of benzene rings is 2. The summed E-state index contributed by atoms with van der Waals surface area (Å²) in [5, 5.41) is 13.7. The molecule has 20 heavy (non-hydrogen) atoms. The molecule has 5 heteroatoms. The molecule has 0 bridgehead atoms. The highest BCUT2D eigenvalue weighted by Gasteiger charge is 2.03. The second-order valence-corrected chi connectivity index (χ2v) is 4.44. The van der Waals surface area contributed by atoms with Gasteiger partial charge in [-0.25, -0.2) is 0 Å². The minimum atomic E-state index is -0.0864. The molecule has 1 heterocycles.